The number of nitrogen functional groups attached to an aromatic ring is 1. The van der Waals surface area contributed by atoms with Gasteiger partial charge in [0, 0.05) is 38.9 Å². The van der Waals surface area contributed by atoms with Gasteiger partial charge in [-0.25, -0.2) is 4.79 Å². The number of ketones is 1. The number of H-pyrrole nitrogens is 1. The first-order chi connectivity index (χ1) is 17.4. The number of anilines is 1. The molecule has 1 saturated heterocycles. The van der Waals surface area contributed by atoms with E-state index in [0.717, 1.165) is 15.9 Å². The highest BCUT2D eigenvalue weighted by Crippen LogP contribution is 2.20. The largest absolute Gasteiger partial charge is 0.497 e. The Morgan fingerprint density at radius 1 is 1.11 bits per heavy atom. The molecule has 36 heavy (non-hydrogen) atoms. The molecule has 0 atom stereocenters. The molecule has 0 amide bonds. The fourth-order valence-electron chi connectivity index (χ4n) is 4.02. The number of piperazine rings is 1. The average molecular weight is 500 g/mol. The second-order valence-electron chi connectivity index (χ2n) is 8.38. The molecule has 1 aliphatic rings. The van der Waals surface area contributed by atoms with E-state index in [9.17, 15) is 14.4 Å². The molecule has 1 aromatic carbocycles. The molecule has 3 N–H and O–H groups in total. The zero-order chi connectivity index (χ0) is 25.7. The summed E-state index contributed by atoms with van der Waals surface area (Å²) in [6.45, 7) is 3.41. The van der Waals surface area contributed by atoms with Crippen molar-refractivity contribution in [3.63, 3.8) is 0 Å². The molecule has 2 aromatic heterocycles. The third-order valence-electron chi connectivity index (χ3n) is 6.04. The Morgan fingerprint density at radius 3 is 2.47 bits per heavy atom. The minimum absolute atomic E-state index is 0.0196. The SMILES string of the molecule is COCCn1c(N)c(C(=O)CN2CCN(Cc3nc(-c4ccc(OC)cc4)no3)CC2)c(=O)[nH]c1=O. The number of benzene rings is 1. The van der Waals surface area contributed by atoms with Crippen LogP contribution in [0.5, 0.6) is 5.75 Å². The maximum Gasteiger partial charge on any atom is 0.330 e. The minimum Gasteiger partial charge on any atom is -0.497 e. The molecular formula is C23H29N7O6. The van der Waals surface area contributed by atoms with Gasteiger partial charge >= 0.3 is 5.69 Å². The van der Waals surface area contributed by atoms with Gasteiger partial charge in [-0.1, -0.05) is 5.16 Å². The summed E-state index contributed by atoms with van der Waals surface area (Å²) in [6, 6.07) is 7.40. The molecule has 0 spiro atoms. The topological polar surface area (TPSA) is 162 Å². The monoisotopic (exact) mass is 499 g/mol. The number of nitrogens with two attached hydrogens (primary N) is 1. The molecule has 0 radical (unpaired) electrons. The van der Waals surface area contributed by atoms with E-state index in [4.69, 9.17) is 19.7 Å². The van der Waals surface area contributed by atoms with Crippen LogP contribution in [0.15, 0.2) is 38.4 Å². The van der Waals surface area contributed by atoms with E-state index in [1.165, 1.54) is 7.11 Å². The van der Waals surface area contributed by atoms with Gasteiger partial charge in [0.05, 0.1) is 33.4 Å². The van der Waals surface area contributed by atoms with Crippen molar-refractivity contribution in [2.75, 3.05) is 59.3 Å². The summed E-state index contributed by atoms with van der Waals surface area (Å²) in [6.07, 6.45) is 0. The summed E-state index contributed by atoms with van der Waals surface area (Å²) in [5, 5.41) is 4.06. The molecule has 13 nitrogen and oxygen atoms in total. The number of hydrogen-bond acceptors (Lipinski definition) is 11. The summed E-state index contributed by atoms with van der Waals surface area (Å²) in [5.41, 5.74) is 5.19. The molecule has 0 bridgehead atoms. The van der Waals surface area contributed by atoms with E-state index in [-0.39, 0.29) is 31.1 Å². The van der Waals surface area contributed by atoms with Gasteiger partial charge in [0.15, 0.2) is 5.78 Å². The molecule has 13 heteroatoms. The van der Waals surface area contributed by atoms with Crippen molar-refractivity contribution in [3.05, 3.63) is 56.6 Å². The third-order valence-corrected chi connectivity index (χ3v) is 6.04. The van der Waals surface area contributed by atoms with Crippen LogP contribution in [0.4, 0.5) is 5.82 Å². The standard InChI is InChI=1S/C23H29N7O6/c1-34-12-11-30-20(24)19(22(32)26-23(30)33)17(31)13-28-7-9-29(10-8-28)14-18-25-21(27-36-18)15-3-5-16(35-2)6-4-15/h3-6H,7-14,24H2,1-2H3,(H,26,32,33). The number of methoxy groups -OCH3 is 2. The zero-order valence-corrected chi connectivity index (χ0v) is 20.2. The molecule has 0 saturated carbocycles. The Bertz CT molecular complexity index is 1310. The smallest absolute Gasteiger partial charge is 0.330 e. The number of rotatable bonds is 10. The van der Waals surface area contributed by atoms with Crippen LogP contribution >= 0.6 is 0 Å². The number of nitrogens with zero attached hydrogens (tertiary/aromatic N) is 5. The lowest BCUT2D eigenvalue weighted by atomic mass is 10.1. The highest BCUT2D eigenvalue weighted by molar-refractivity contribution is 6.01. The fraction of sp³-hybridized carbons (Fsp3) is 0.435. The first-order valence-electron chi connectivity index (χ1n) is 11.5. The van der Waals surface area contributed by atoms with Crippen molar-refractivity contribution in [2.24, 2.45) is 0 Å². The van der Waals surface area contributed by atoms with Gasteiger partial charge in [0.1, 0.15) is 17.1 Å². The van der Waals surface area contributed by atoms with E-state index in [2.05, 4.69) is 20.0 Å². The van der Waals surface area contributed by atoms with Crippen LogP contribution < -0.4 is 21.7 Å². The van der Waals surface area contributed by atoms with Crippen molar-refractivity contribution < 1.29 is 18.8 Å². The summed E-state index contributed by atoms with van der Waals surface area (Å²) in [5.74, 6) is 1.18. The van der Waals surface area contributed by atoms with Crippen LogP contribution in [0.2, 0.25) is 0 Å². The second kappa shape index (κ2) is 11.3. The predicted molar refractivity (Wildman–Crippen MR) is 130 cm³/mol. The lowest BCUT2D eigenvalue weighted by molar-refractivity contribution is 0.0825. The molecule has 3 heterocycles. The van der Waals surface area contributed by atoms with Crippen LogP contribution in [0, 0.1) is 0 Å². The van der Waals surface area contributed by atoms with Gasteiger partial charge in [-0.15, -0.1) is 0 Å². The minimum atomic E-state index is -0.779. The highest BCUT2D eigenvalue weighted by Gasteiger charge is 2.25. The van der Waals surface area contributed by atoms with Crippen LogP contribution in [0.25, 0.3) is 11.4 Å². The van der Waals surface area contributed by atoms with Gasteiger partial charge in [-0.2, -0.15) is 4.98 Å². The molecule has 3 aromatic rings. The summed E-state index contributed by atoms with van der Waals surface area (Å²) >= 11 is 0. The van der Waals surface area contributed by atoms with E-state index in [1.807, 2.05) is 29.2 Å². The Kier molecular flexibility index (Phi) is 7.93. The van der Waals surface area contributed by atoms with Gasteiger partial charge < -0.3 is 19.7 Å². The van der Waals surface area contributed by atoms with Gasteiger partial charge in [-0.05, 0) is 24.3 Å². The summed E-state index contributed by atoms with van der Waals surface area (Å²) < 4.78 is 16.7. The summed E-state index contributed by atoms with van der Waals surface area (Å²) in [7, 11) is 3.09. The van der Waals surface area contributed by atoms with Crippen LogP contribution in [0.3, 0.4) is 0 Å². The fourth-order valence-corrected chi connectivity index (χ4v) is 4.02. The Labute approximate surface area is 206 Å². The van der Waals surface area contributed by atoms with Crippen molar-refractivity contribution >= 4 is 11.6 Å². The van der Waals surface area contributed by atoms with Crippen molar-refractivity contribution in [3.8, 4) is 17.1 Å². The number of Topliss-reactive ketones (excluding diaryl/α,β-unsaturated/α-hetero) is 1. The lowest BCUT2D eigenvalue weighted by Crippen LogP contribution is -2.48. The first kappa shape index (κ1) is 25.3. The maximum atomic E-state index is 12.9. The zero-order valence-electron chi connectivity index (χ0n) is 20.2. The number of aromatic nitrogens is 4. The Hall–Kier alpha value is -3.81. The van der Waals surface area contributed by atoms with E-state index in [1.54, 1.807) is 7.11 Å². The number of aromatic amines is 1. The molecule has 1 fully saturated rings. The first-order valence-corrected chi connectivity index (χ1v) is 11.5. The molecule has 1 aliphatic heterocycles. The number of ether oxygens (including phenoxy) is 2. The molecule has 4 rings (SSSR count). The van der Waals surface area contributed by atoms with Crippen molar-refractivity contribution in [2.45, 2.75) is 13.1 Å². The van der Waals surface area contributed by atoms with Crippen molar-refractivity contribution in [1.29, 1.82) is 0 Å². The van der Waals surface area contributed by atoms with Crippen LogP contribution in [0.1, 0.15) is 16.2 Å². The van der Waals surface area contributed by atoms with Gasteiger partial charge in [0.2, 0.25) is 11.7 Å². The van der Waals surface area contributed by atoms with E-state index >= 15 is 0 Å². The van der Waals surface area contributed by atoms with E-state index < -0.39 is 17.0 Å². The van der Waals surface area contributed by atoms with Crippen LogP contribution in [-0.4, -0.2) is 88.8 Å². The number of carbonyl (C=O) groups excluding carboxylic acids is 1. The second-order valence-corrected chi connectivity index (χ2v) is 8.38. The predicted octanol–water partition coefficient (Wildman–Crippen LogP) is -0.176. The molecule has 0 unspecified atom stereocenters. The van der Waals surface area contributed by atoms with Gasteiger partial charge in [-0.3, -0.25) is 28.9 Å². The molecule has 0 aliphatic carbocycles. The van der Waals surface area contributed by atoms with Gasteiger partial charge in [0.25, 0.3) is 5.56 Å². The summed E-state index contributed by atoms with van der Waals surface area (Å²) in [4.78, 5) is 48.0. The van der Waals surface area contributed by atoms with E-state index in [0.29, 0.717) is 44.4 Å². The number of hydrogen-bond donors (Lipinski definition) is 2. The Morgan fingerprint density at radius 2 is 1.81 bits per heavy atom. The Balaban J connectivity index is 1.33. The lowest BCUT2D eigenvalue weighted by Gasteiger charge is -2.33. The quantitative estimate of drug-likeness (QED) is 0.356. The maximum absolute atomic E-state index is 12.9. The average Bonchev–Trinajstić information content (AvgIpc) is 3.33. The number of carbonyl (C=O) groups is 1. The number of nitrogens with one attached hydrogen (secondary N) is 1. The molecular weight excluding hydrogens is 470 g/mol. The highest BCUT2D eigenvalue weighted by atomic mass is 16.5. The third kappa shape index (κ3) is 5.70. The molecule has 192 valence electrons. The normalized spacial score (nSPS) is 14.7. The van der Waals surface area contributed by atoms with Crippen molar-refractivity contribution in [1.82, 2.24) is 29.5 Å². The van der Waals surface area contributed by atoms with Crippen LogP contribution in [-0.2, 0) is 17.8 Å².